The average molecular weight is 234 g/mol. The summed E-state index contributed by atoms with van der Waals surface area (Å²) in [6.07, 6.45) is 4.85. The van der Waals surface area contributed by atoms with Crippen LogP contribution in [0.15, 0.2) is 24.3 Å². The van der Waals surface area contributed by atoms with Crippen molar-refractivity contribution in [3.63, 3.8) is 0 Å². The number of aryl methyl sites for hydroxylation is 1. The van der Waals surface area contributed by atoms with Crippen LogP contribution in [0.2, 0.25) is 0 Å². The van der Waals surface area contributed by atoms with Crippen molar-refractivity contribution < 1.29 is 0 Å². The van der Waals surface area contributed by atoms with Crippen molar-refractivity contribution >= 4 is 5.69 Å². The molecule has 1 rings (SSSR count). The summed E-state index contributed by atoms with van der Waals surface area (Å²) in [5.74, 6) is 0.836. The highest BCUT2D eigenvalue weighted by Gasteiger charge is 2.01. The Bertz CT molecular complexity index is 306. The number of rotatable bonds is 8. The zero-order valence-electron chi connectivity index (χ0n) is 11.2. The van der Waals surface area contributed by atoms with Gasteiger partial charge in [-0.15, -0.1) is 0 Å². The van der Waals surface area contributed by atoms with E-state index in [0.29, 0.717) is 0 Å². The first-order valence-corrected chi connectivity index (χ1v) is 6.81. The van der Waals surface area contributed by atoms with Gasteiger partial charge in [-0.3, -0.25) is 0 Å². The lowest BCUT2D eigenvalue weighted by molar-refractivity contribution is 0.448. The summed E-state index contributed by atoms with van der Waals surface area (Å²) in [7, 11) is 0. The largest absolute Gasteiger partial charge is 0.399 e. The van der Waals surface area contributed by atoms with Gasteiger partial charge in [-0.1, -0.05) is 38.8 Å². The Hall–Kier alpha value is -1.02. The van der Waals surface area contributed by atoms with Gasteiger partial charge in [0.25, 0.3) is 0 Å². The van der Waals surface area contributed by atoms with Crippen molar-refractivity contribution in [1.82, 2.24) is 5.32 Å². The summed E-state index contributed by atoms with van der Waals surface area (Å²) in [4.78, 5) is 0. The quantitative estimate of drug-likeness (QED) is 0.535. The number of benzene rings is 1. The molecule has 2 nitrogen and oxygen atoms in total. The van der Waals surface area contributed by atoms with E-state index < -0.39 is 0 Å². The molecule has 0 aliphatic heterocycles. The van der Waals surface area contributed by atoms with Crippen LogP contribution in [-0.2, 0) is 6.42 Å². The number of nitrogen functional groups attached to an aromatic ring is 1. The van der Waals surface area contributed by atoms with Crippen LogP contribution in [0.3, 0.4) is 0 Å². The van der Waals surface area contributed by atoms with Crippen LogP contribution < -0.4 is 11.1 Å². The number of anilines is 1. The summed E-state index contributed by atoms with van der Waals surface area (Å²) in [6, 6.07) is 8.19. The average Bonchev–Trinajstić information content (AvgIpc) is 2.34. The molecule has 17 heavy (non-hydrogen) atoms. The molecule has 0 unspecified atom stereocenters. The standard InChI is InChI=1S/C15H26N2/c1-3-13(4-2)12-17-10-6-8-14-7-5-9-15(16)11-14/h5,7,9,11,13,17H,3-4,6,8,10,12,16H2,1-2H3. The molecule has 0 aromatic heterocycles. The molecule has 2 heteroatoms. The van der Waals surface area contributed by atoms with Crippen molar-refractivity contribution in [3.8, 4) is 0 Å². The van der Waals surface area contributed by atoms with Gasteiger partial charge < -0.3 is 11.1 Å². The van der Waals surface area contributed by atoms with Crippen molar-refractivity contribution in [2.24, 2.45) is 5.92 Å². The highest BCUT2D eigenvalue weighted by Crippen LogP contribution is 2.08. The fraction of sp³-hybridized carbons (Fsp3) is 0.600. The van der Waals surface area contributed by atoms with E-state index in [1.807, 2.05) is 12.1 Å². The van der Waals surface area contributed by atoms with Crippen LogP contribution in [0.1, 0.15) is 38.7 Å². The predicted octanol–water partition coefficient (Wildman–Crippen LogP) is 3.23. The minimum Gasteiger partial charge on any atom is -0.399 e. The highest BCUT2D eigenvalue weighted by molar-refractivity contribution is 5.40. The second kappa shape index (κ2) is 8.13. The number of nitrogens with one attached hydrogen (secondary N) is 1. The molecule has 0 bridgehead atoms. The fourth-order valence-electron chi connectivity index (χ4n) is 2.05. The molecule has 0 fully saturated rings. The molecule has 0 atom stereocenters. The Kier molecular flexibility index (Phi) is 6.71. The van der Waals surface area contributed by atoms with E-state index in [0.717, 1.165) is 31.1 Å². The van der Waals surface area contributed by atoms with E-state index in [1.54, 1.807) is 0 Å². The Labute approximate surface area is 106 Å². The first-order valence-electron chi connectivity index (χ1n) is 6.81. The van der Waals surface area contributed by atoms with Gasteiger partial charge in [0.15, 0.2) is 0 Å². The molecule has 0 amide bonds. The van der Waals surface area contributed by atoms with E-state index in [9.17, 15) is 0 Å². The zero-order chi connectivity index (χ0) is 12.5. The van der Waals surface area contributed by atoms with Gasteiger partial charge >= 0.3 is 0 Å². The zero-order valence-corrected chi connectivity index (χ0v) is 11.2. The van der Waals surface area contributed by atoms with Crippen LogP contribution in [0.5, 0.6) is 0 Å². The molecule has 1 aromatic rings. The molecular weight excluding hydrogens is 208 g/mol. The molecule has 3 N–H and O–H groups in total. The van der Waals surface area contributed by atoms with Gasteiger partial charge in [0.1, 0.15) is 0 Å². The minimum atomic E-state index is 0.836. The summed E-state index contributed by atoms with van der Waals surface area (Å²) in [5, 5.41) is 3.54. The molecule has 0 radical (unpaired) electrons. The van der Waals surface area contributed by atoms with Crippen LogP contribution in [0.4, 0.5) is 5.69 Å². The number of nitrogens with two attached hydrogens (primary N) is 1. The van der Waals surface area contributed by atoms with Gasteiger partial charge in [0, 0.05) is 5.69 Å². The molecule has 0 spiro atoms. The summed E-state index contributed by atoms with van der Waals surface area (Å²) in [6.45, 7) is 6.79. The van der Waals surface area contributed by atoms with Crippen molar-refractivity contribution in [2.75, 3.05) is 18.8 Å². The van der Waals surface area contributed by atoms with Gasteiger partial charge in [0.05, 0.1) is 0 Å². The third-order valence-corrected chi connectivity index (χ3v) is 3.36. The lowest BCUT2D eigenvalue weighted by Crippen LogP contribution is -2.23. The molecule has 0 heterocycles. The lowest BCUT2D eigenvalue weighted by Gasteiger charge is -2.13. The second-order valence-corrected chi connectivity index (χ2v) is 4.74. The second-order valence-electron chi connectivity index (χ2n) is 4.74. The van der Waals surface area contributed by atoms with Crippen molar-refractivity contribution in [3.05, 3.63) is 29.8 Å². The SMILES string of the molecule is CCC(CC)CNCCCc1cccc(N)c1. The van der Waals surface area contributed by atoms with E-state index >= 15 is 0 Å². The Morgan fingerprint density at radius 1 is 1.24 bits per heavy atom. The smallest absolute Gasteiger partial charge is 0.0316 e. The van der Waals surface area contributed by atoms with E-state index in [-0.39, 0.29) is 0 Å². The van der Waals surface area contributed by atoms with E-state index in [2.05, 4.69) is 31.3 Å². The maximum Gasteiger partial charge on any atom is 0.0316 e. The predicted molar refractivity (Wildman–Crippen MR) is 76.1 cm³/mol. The van der Waals surface area contributed by atoms with Gasteiger partial charge in [0.2, 0.25) is 0 Å². The Balaban J connectivity index is 2.12. The van der Waals surface area contributed by atoms with Gasteiger partial charge in [-0.05, 0) is 49.5 Å². The van der Waals surface area contributed by atoms with Crippen LogP contribution >= 0.6 is 0 Å². The lowest BCUT2D eigenvalue weighted by atomic mass is 10.0. The normalized spacial score (nSPS) is 11.0. The summed E-state index contributed by atoms with van der Waals surface area (Å²) in [5.41, 5.74) is 7.96. The van der Waals surface area contributed by atoms with Crippen LogP contribution in [-0.4, -0.2) is 13.1 Å². The molecule has 0 saturated heterocycles. The van der Waals surface area contributed by atoms with Crippen molar-refractivity contribution in [1.29, 1.82) is 0 Å². The number of hydrogen-bond acceptors (Lipinski definition) is 2. The third-order valence-electron chi connectivity index (χ3n) is 3.36. The summed E-state index contributed by atoms with van der Waals surface area (Å²) < 4.78 is 0. The molecule has 1 aromatic carbocycles. The van der Waals surface area contributed by atoms with Crippen molar-refractivity contribution in [2.45, 2.75) is 39.5 Å². The molecule has 0 aliphatic rings. The molecule has 96 valence electrons. The topological polar surface area (TPSA) is 38.0 Å². The fourth-order valence-corrected chi connectivity index (χ4v) is 2.05. The molecular formula is C15H26N2. The molecule has 0 saturated carbocycles. The highest BCUT2D eigenvalue weighted by atomic mass is 14.8. The van der Waals surface area contributed by atoms with Gasteiger partial charge in [-0.2, -0.15) is 0 Å². The number of hydrogen-bond donors (Lipinski definition) is 2. The Morgan fingerprint density at radius 3 is 2.65 bits per heavy atom. The maximum atomic E-state index is 5.75. The van der Waals surface area contributed by atoms with Crippen LogP contribution in [0, 0.1) is 5.92 Å². The van der Waals surface area contributed by atoms with Crippen LogP contribution in [0.25, 0.3) is 0 Å². The monoisotopic (exact) mass is 234 g/mol. The Morgan fingerprint density at radius 2 is 2.00 bits per heavy atom. The van der Waals surface area contributed by atoms with Gasteiger partial charge in [-0.25, -0.2) is 0 Å². The van der Waals surface area contributed by atoms with E-state index in [4.69, 9.17) is 5.73 Å². The first-order chi connectivity index (χ1) is 8.26. The maximum absolute atomic E-state index is 5.75. The van der Waals surface area contributed by atoms with E-state index in [1.165, 1.54) is 24.8 Å². The minimum absolute atomic E-state index is 0.836. The first kappa shape index (κ1) is 14.0. The summed E-state index contributed by atoms with van der Waals surface area (Å²) >= 11 is 0. The molecule has 0 aliphatic carbocycles. The third kappa shape index (κ3) is 5.73.